The lowest BCUT2D eigenvalue weighted by molar-refractivity contribution is 0.0990. The van der Waals surface area contributed by atoms with E-state index in [2.05, 4.69) is 15.0 Å². The van der Waals surface area contributed by atoms with E-state index in [1.807, 2.05) is 42.6 Å². The number of hydrogen-bond donors (Lipinski definition) is 1. The van der Waals surface area contributed by atoms with Gasteiger partial charge < -0.3 is 5.73 Å². The van der Waals surface area contributed by atoms with Gasteiger partial charge in [-0.15, -0.1) is 0 Å². The van der Waals surface area contributed by atoms with Crippen LogP contribution in [-0.4, -0.2) is 25.4 Å². The molecular formula is C14H11N5O. The van der Waals surface area contributed by atoms with Crippen LogP contribution in [0.5, 0.6) is 0 Å². The van der Waals surface area contributed by atoms with Gasteiger partial charge in [0, 0.05) is 6.20 Å². The van der Waals surface area contributed by atoms with Gasteiger partial charge in [-0.2, -0.15) is 0 Å². The molecule has 0 fully saturated rings. The zero-order chi connectivity index (χ0) is 13.9. The molecule has 0 bridgehead atoms. The van der Waals surface area contributed by atoms with Crippen LogP contribution in [0.15, 0.2) is 42.9 Å². The first kappa shape index (κ1) is 12.0. The van der Waals surface area contributed by atoms with Gasteiger partial charge in [0.1, 0.15) is 11.8 Å². The number of aromatic nitrogens is 4. The highest BCUT2D eigenvalue weighted by Crippen LogP contribution is 2.11. The number of amides is 1. The molecule has 0 aliphatic heterocycles. The van der Waals surface area contributed by atoms with E-state index >= 15 is 0 Å². The zero-order valence-electron chi connectivity index (χ0n) is 10.5. The molecule has 0 unspecified atom stereocenters. The number of rotatable bonds is 3. The van der Waals surface area contributed by atoms with E-state index in [4.69, 9.17) is 5.73 Å². The fraction of sp³-hybridized carbons (Fsp3) is 0. The summed E-state index contributed by atoms with van der Waals surface area (Å²) in [5, 5.41) is 0. The molecule has 20 heavy (non-hydrogen) atoms. The van der Waals surface area contributed by atoms with E-state index in [0.717, 1.165) is 5.56 Å². The quantitative estimate of drug-likeness (QED) is 0.778. The molecule has 2 heterocycles. The number of imidazole rings is 1. The third kappa shape index (κ3) is 2.26. The predicted molar refractivity (Wildman–Crippen MR) is 75.5 cm³/mol. The number of benzene rings is 1. The van der Waals surface area contributed by atoms with E-state index in [1.165, 1.54) is 6.20 Å². The van der Waals surface area contributed by atoms with Crippen LogP contribution in [-0.2, 0) is 0 Å². The minimum atomic E-state index is -0.660. The second-order valence-corrected chi connectivity index (χ2v) is 4.14. The largest absolute Gasteiger partial charge is 0.363 e. The molecule has 0 saturated carbocycles. The molecule has 0 spiro atoms. The van der Waals surface area contributed by atoms with Crippen LogP contribution in [0.4, 0.5) is 0 Å². The summed E-state index contributed by atoms with van der Waals surface area (Å²) >= 11 is 0. The van der Waals surface area contributed by atoms with Crippen molar-refractivity contribution in [3.63, 3.8) is 0 Å². The minimum absolute atomic E-state index is 0.0210. The predicted octanol–water partition coefficient (Wildman–Crippen LogP) is 1.55. The molecule has 2 N–H and O–H groups in total. The van der Waals surface area contributed by atoms with Gasteiger partial charge in [0.25, 0.3) is 5.91 Å². The summed E-state index contributed by atoms with van der Waals surface area (Å²) in [6.45, 7) is 0. The van der Waals surface area contributed by atoms with E-state index in [1.54, 1.807) is 10.9 Å². The fourth-order valence-electron chi connectivity index (χ4n) is 1.78. The molecule has 1 amide bonds. The van der Waals surface area contributed by atoms with Crippen LogP contribution in [0.3, 0.4) is 0 Å². The molecule has 2 aromatic heterocycles. The Balaban J connectivity index is 2.01. The van der Waals surface area contributed by atoms with Crippen LogP contribution in [0, 0.1) is 0 Å². The Labute approximate surface area is 114 Å². The van der Waals surface area contributed by atoms with Crippen LogP contribution in [0.2, 0.25) is 0 Å². The topological polar surface area (TPSA) is 86.7 Å². The summed E-state index contributed by atoms with van der Waals surface area (Å²) in [6, 6.07) is 9.84. The molecule has 98 valence electrons. The number of fused-ring (bicyclic) bond motifs is 1. The third-order valence-corrected chi connectivity index (χ3v) is 2.76. The van der Waals surface area contributed by atoms with Crippen molar-refractivity contribution in [1.29, 1.82) is 0 Å². The second kappa shape index (κ2) is 4.93. The average Bonchev–Trinajstić information content (AvgIpc) is 2.88. The van der Waals surface area contributed by atoms with Crippen LogP contribution in [0.1, 0.15) is 16.2 Å². The Bertz CT molecular complexity index is 792. The van der Waals surface area contributed by atoms with Gasteiger partial charge in [-0.05, 0) is 11.6 Å². The number of carbonyl (C=O) groups is 1. The van der Waals surface area contributed by atoms with Gasteiger partial charge in [0.15, 0.2) is 5.65 Å². The SMILES string of the molecule is NC(=O)c1ncc2ncn(C=Cc3ccccc3)c2n1. The number of nitrogens with two attached hydrogens (primary N) is 1. The molecule has 3 rings (SSSR count). The van der Waals surface area contributed by atoms with Crippen molar-refractivity contribution in [2.24, 2.45) is 5.73 Å². The zero-order valence-corrected chi connectivity index (χ0v) is 10.5. The molecule has 0 aliphatic carbocycles. The fourth-order valence-corrected chi connectivity index (χ4v) is 1.78. The summed E-state index contributed by atoms with van der Waals surface area (Å²) < 4.78 is 1.72. The lowest BCUT2D eigenvalue weighted by Gasteiger charge is -1.97. The summed E-state index contributed by atoms with van der Waals surface area (Å²) in [7, 11) is 0. The lowest BCUT2D eigenvalue weighted by atomic mass is 10.2. The van der Waals surface area contributed by atoms with Gasteiger partial charge in [-0.25, -0.2) is 15.0 Å². The Morgan fingerprint density at radius 3 is 2.75 bits per heavy atom. The maximum Gasteiger partial charge on any atom is 0.286 e. The van der Waals surface area contributed by atoms with Gasteiger partial charge >= 0.3 is 0 Å². The van der Waals surface area contributed by atoms with Crippen molar-refractivity contribution in [2.75, 3.05) is 0 Å². The smallest absolute Gasteiger partial charge is 0.286 e. The van der Waals surface area contributed by atoms with Crippen molar-refractivity contribution in [2.45, 2.75) is 0 Å². The number of primary amides is 1. The summed E-state index contributed by atoms with van der Waals surface area (Å²) in [4.78, 5) is 23.2. The molecular weight excluding hydrogens is 254 g/mol. The van der Waals surface area contributed by atoms with E-state index < -0.39 is 5.91 Å². The van der Waals surface area contributed by atoms with Crippen molar-refractivity contribution in [3.8, 4) is 0 Å². The molecule has 6 heteroatoms. The van der Waals surface area contributed by atoms with Gasteiger partial charge in [-0.3, -0.25) is 9.36 Å². The Hall–Kier alpha value is -3.02. The molecule has 0 atom stereocenters. The Kier molecular flexibility index (Phi) is 2.96. The van der Waals surface area contributed by atoms with Crippen molar-refractivity contribution >= 4 is 29.3 Å². The molecule has 6 nitrogen and oxygen atoms in total. The first-order chi connectivity index (χ1) is 9.74. The highest BCUT2D eigenvalue weighted by molar-refractivity contribution is 5.90. The summed E-state index contributed by atoms with van der Waals surface area (Å²) in [5.41, 5.74) is 7.38. The maximum absolute atomic E-state index is 11.1. The van der Waals surface area contributed by atoms with Crippen LogP contribution in [0.25, 0.3) is 23.4 Å². The standard InChI is InChI=1S/C14H11N5O/c15-12(20)13-16-8-11-14(18-13)19(9-17-11)7-6-10-4-2-1-3-5-10/h1-9H,(H2,15,20). The van der Waals surface area contributed by atoms with Crippen LogP contribution < -0.4 is 5.73 Å². The van der Waals surface area contributed by atoms with E-state index in [0.29, 0.717) is 11.2 Å². The van der Waals surface area contributed by atoms with E-state index in [-0.39, 0.29) is 5.82 Å². The van der Waals surface area contributed by atoms with Gasteiger partial charge in [0.2, 0.25) is 5.82 Å². The van der Waals surface area contributed by atoms with Crippen molar-refractivity contribution in [3.05, 3.63) is 54.2 Å². The molecule has 3 aromatic rings. The average molecular weight is 265 g/mol. The Morgan fingerprint density at radius 2 is 2.00 bits per heavy atom. The van der Waals surface area contributed by atoms with Crippen molar-refractivity contribution in [1.82, 2.24) is 19.5 Å². The number of carbonyl (C=O) groups excluding carboxylic acids is 1. The number of hydrogen-bond acceptors (Lipinski definition) is 4. The number of nitrogens with zero attached hydrogens (tertiary/aromatic N) is 4. The molecule has 1 aromatic carbocycles. The Morgan fingerprint density at radius 1 is 1.20 bits per heavy atom. The highest BCUT2D eigenvalue weighted by Gasteiger charge is 2.08. The first-order valence-electron chi connectivity index (χ1n) is 5.96. The van der Waals surface area contributed by atoms with Gasteiger partial charge in [0.05, 0.1) is 6.20 Å². The molecule has 0 saturated heterocycles. The van der Waals surface area contributed by atoms with Gasteiger partial charge in [-0.1, -0.05) is 30.3 Å². The summed E-state index contributed by atoms with van der Waals surface area (Å²) in [6.07, 6.45) is 6.84. The minimum Gasteiger partial charge on any atom is -0.363 e. The maximum atomic E-state index is 11.1. The molecule has 0 aliphatic rings. The summed E-state index contributed by atoms with van der Waals surface area (Å²) in [5.74, 6) is -0.681. The lowest BCUT2D eigenvalue weighted by Crippen LogP contribution is -2.15. The van der Waals surface area contributed by atoms with Crippen LogP contribution >= 0.6 is 0 Å². The van der Waals surface area contributed by atoms with Crippen molar-refractivity contribution < 1.29 is 4.79 Å². The van der Waals surface area contributed by atoms with E-state index in [9.17, 15) is 4.79 Å². The normalized spacial score (nSPS) is 11.2. The molecule has 0 radical (unpaired) electrons. The highest BCUT2D eigenvalue weighted by atomic mass is 16.1. The first-order valence-corrected chi connectivity index (χ1v) is 5.96. The second-order valence-electron chi connectivity index (χ2n) is 4.14. The monoisotopic (exact) mass is 265 g/mol. The third-order valence-electron chi connectivity index (χ3n) is 2.76.